The first-order valence-corrected chi connectivity index (χ1v) is 4.05. The third-order valence-electron chi connectivity index (χ3n) is 1.62. The molecule has 5 nitrogen and oxygen atoms in total. The summed E-state index contributed by atoms with van der Waals surface area (Å²) < 4.78 is 5.15. The second-order valence-electron chi connectivity index (χ2n) is 2.66. The predicted molar refractivity (Wildman–Crippen MR) is 45.6 cm³/mol. The number of nitrogens with two attached hydrogens (primary N) is 1. The van der Waals surface area contributed by atoms with E-state index in [0.717, 1.165) is 6.42 Å². The fourth-order valence-electron chi connectivity index (χ4n) is 0.707. The molecule has 12 heavy (non-hydrogen) atoms. The van der Waals surface area contributed by atoms with E-state index in [1.807, 2.05) is 6.92 Å². The lowest BCUT2D eigenvalue weighted by molar-refractivity contribution is 0.501. The highest BCUT2D eigenvalue weighted by Gasteiger charge is 2.05. The van der Waals surface area contributed by atoms with Crippen molar-refractivity contribution in [2.75, 3.05) is 5.32 Å². The molecule has 0 aliphatic rings. The molecule has 1 unspecified atom stereocenters. The SMILES string of the molecule is CCC(C)Nc1nnc(CN)o1. The van der Waals surface area contributed by atoms with Gasteiger partial charge >= 0.3 is 6.01 Å². The third kappa shape index (κ3) is 2.20. The van der Waals surface area contributed by atoms with E-state index in [0.29, 0.717) is 17.9 Å². The Hall–Kier alpha value is -1.10. The van der Waals surface area contributed by atoms with Gasteiger partial charge in [0.05, 0.1) is 6.54 Å². The van der Waals surface area contributed by atoms with E-state index in [1.54, 1.807) is 0 Å². The van der Waals surface area contributed by atoms with Gasteiger partial charge in [-0.1, -0.05) is 12.0 Å². The second kappa shape index (κ2) is 4.06. The van der Waals surface area contributed by atoms with Crippen molar-refractivity contribution in [1.82, 2.24) is 10.2 Å². The quantitative estimate of drug-likeness (QED) is 0.696. The van der Waals surface area contributed by atoms with Gasteiger partial charge in [0.1, 0.15) is 0 Å². The topological polar surface area (TPSA) is 77.0 Å². The molecule has 1 aromatic rings. The van der Waals surface area contributed by atoms with Gasteiger partial charge in [0.25, 0.3) is 0 Å². The van der Waals surface area contributed by atoms with Gasteiger partial charge in [-0.3, -0.25) is 0 Å². The molecule has 0 aliphatic heterocycles. The Balaban J connectivity index is 2.52. The van der Waals surface area contributed by atoms with Crippen molar-refractivity contribution >= 4 is 6.01 Å². The van der Waals surface area contributed by atoms with Gasteiger partial charge < -0.3 is 15.5 Å². The minimum absolute atomic E-state index is 0.287. The van der Waals surface area contributed by atoms with Crippen molar-refractivity contribution in [3.05, 3.63) is 5.89 Å². The van der Waals surface area contributed by atoms with Gasteiger partial charge in [0.2, 0.25) is 5.89 Å². The van der Waals surface area contributed by atoms with Crippen molar-refractivity contribution < 1.29 is 4.42 Å². The van der Waals surface area contributed by atoms with E-state index >= 15 is 0 Å². The van der Waals surface area contributed by atoms with Crippen molar-refractivity contribution in [3.8, 4) is 0 Å². The highest BCUT2D eigenvalue weighted by Crippen LogP contribution is 2.06. The molecule has 0 radical (unpaired) electrons. The average Bonchev–Trinajstić information content (AvgIpc) is 2.52. The lowest BCUT2D eigenvalue weighted by Crippen LogP contribution is -2.13. The van der Waals surface area contributed by atoms with E-state index in [2.05, 4.69) is 22.4 Å². The van der Waals surface area contributed by atoms with Gasteiger partial charge in [-0.2, -0.15) is 0 Å². The first kappa shape index (κ1) is 8.99. The van der Waals surface area contributed by atoms with Crippen molar-refractivity contribution in [3.63, 3.8) is 0 Å². The van der Waals surface area contributed by atoms with Crippen molar-refractivity contribution in [2.45, 2.75) is 32.9 Å². The molecule has 5 heteroatoms. The summed E-state index contributed by atoms with van der Waals surface area (Å²) in [6.45, 7) is 4.42. The van der Waals surface area contributed by atoms with Crippen LogP contribution in [0.15, 0.2) is 4.42 Å². The highest BCUT2D eigenvalue weighted by atomic mass is 16.4. The van der Waals surface area contributed by atoms with E-state index < -0.39 is 0 Å². The smallest absolute Gasteiger partial charge is 0.315 e. The molecular weight excluding hydrogens is 156 g/mol. The fraction of sp³-hybridized carbons (Fsp3) is 0.714. The number of hydrogen-bond acceptors (Lipinski definition) is 5. The zero-order valence-electron chi connectivity index (χ0n) is 7.37. The summed E-state index contributed by atoms with van der Waals surface area (Å²) in [4.78, 5) is 0. The van der Waals surface area contributed by atoms with E-state index in [4.69, 9.17) is 10.2 Å². The van der Waals surface area contributed by atoms with Crippen LogP contribution in [0.25, 0.3) is 0 Å². The number of hydrogen-bond donors (Lipinski definition) is 2. The molecule has 3 N–H and O–H groups in total. The summed E-state index contributed by atoms with van der Waals surface area (Å²) in [6, 6.07) is 0.792. The Morgan fingerprint density at radius 2 is 2.33 bits per heavy atom. The summed E-state index contributed by atoms with van der Waals surface area (Å²) in [6.07, 6.45) is 1.01. The summed E-state index contributed by atoms with van der Waals surface area (Å²) in [5.41, 5.74) is 5.30. The summed E-state index contributed by atoms with van der Waals surface area (Å²) >= 11 is 0. The van der Waals surface area contributed by atoms with Crippen molar-refractivity contribution in [1.29, 1.82) is 0 Å². The van der Waals surface area contributed by atoms with Gasteiger partial charge in [-0.15, -0.1) is 5.10 Å². The fourth-order valence-corrected chi connectivity index (χ4v) is 0.707. The summed E-state index contributed by atoms with van der Waals surface area (Å²) in [7, 11) is 0. The maximum absolute atomic E-state index is 5.30. The normalized spacial score (nSPS) is 12.9. The van der Waals surface area contributed by atoms with Gasteiger partial charge in [0.15, 0.2) is 0 Å². The number of nitrogens with one attached hydrogen (secondary N) is 1. The molecular formula is C7H14N4O. The van der Waals surface area contributed by atoms with Crippen LogP contribution in [-0.2, 0) is 6.54 Å². The van der Waals surface area contributed by atoms with Crippen LogP contribution in [0.3, 0.4) is 0 Å². The molecule has 1 atom stereocenters. The number of rotatable bonds is 4. The van der Waals surface area contributed by atoms with Crippen LogP contribution in [0.2, 0.25) is 0 Å². The van der Waals surface area contributed by atoms with E-state index in [-0.39, 0.29) is 6.54 Å². The minimum Gasteiger partial charge on any atom is -0.407 e. The zero-order valence-corrected chi connectivity index (χ0v) is 7.37. The monoisotopic (exact) mass is 170 g/mol. The molecule has 1 aromatic heterocycles. The lowest BCUT2D eigenvalue weighted by Gasteiger charge is -2.06. The predicted octanol–water partition coefficient (Wildman–Crippen LogP) is 0.739. The van der Waals surface area contributed by atoms with E-state index in [9.17, 15) is 0 Å². The molecule has 0 amide bonds. The Morgan fingerprint density at radius 3 is 2.83 bits per heavy atom. The first-order valence-electron chi connectivity index (χ1n) is 4.05. The Labute approximate surface area is 71.3 Å². The maximum Gasteiger partial charge on any atom is 0.315 e. The maximum atomic E-state index is 5.30. The molecule has 68 valence electrons. The molecule has 0 aromatic carbocycles. The Kier molecular flexibility index (Phi) is 3.04. The van der Waals surface area contributed by atoms with E-state index in [1.165, 1.54) is 0 Å². The first-order chi connectivity index (χ1) is 5.76. The molecule has 0 spiro atoms. The molecule has 0 bridgehead atoms. The standard InChI is InChI=1S/C7H14N4O/c1-3-5(2)9-7-11-10-6(4-8)12-7/h5H,3-4,8H2,1-2H3,(H,9,11). The Morgan fingerprint density at radius 1 is 1.58 bits per heavy atom. The Bertz CT molecular complexity index is 235. The molecule has 0 saturated heterocycles. The molecule has 1 rings (SSSR count). The molecule has 0 fully saturated rings. The van der Waals surface area contributed by atoms with Crippen LogP contribution in [0.1, 0.15) is 26.2 Å². The second-order valence-corrected chi connectivity index (χ2v) is 2.66. The summed E-state index contributed by atoms with van der Waals surface area (Å²) in [5, 5.41) is 10.5. The summed E-state index contributed by atoms with van der Waals surface area (Å²) in [5.74, 6) is 0.459. The van der Waals surface area contributed by atoms with Gasteiger partial charge in [-0.25, -0.2) is 0 Å². The lowest BCUT2D eigenvalue weighted by atomic mass is 10.3. The van der Waals surface area contributed by atoms with Gasteiger partial charge in [0, 0.05) is 6.04 Å². The van der Waals surface area contributed by atoms with Crippen molar-refractivity contribution in [2.24, 2.45) is 5.73 Å². The highest BCUT2D eigenvalue weighted by molar-refractivity contribution is 5.18. The third-order valence-corrected chi connectivity index (χ3v) is 1.62. The van der Waals surface area contributed by atoms with Crippen LogP contribution < -0.4 is 11.1 Å². The zero-order chi connectivity index (χ0) is 8.97. The van der Waals surface area contributed by atoms with Crippen LogP contribution in [0.4, 0.5) is 6.01 Å². The van der Waals surface area contributed by atoms with Crippen LogP contribution in [0.5, 0.6) is 0 Å². The van der Waals surface area contributed by atoms with Gasteiger partial charge in [-0.05, 0) is 13.3 Å². The van der Waals surface area contributed by atoms with Crippen LogP contribution in [-0.4, -0.2) is 16.2 Å². The largest absolute Gasteiger partial charge is 0.407 e. The average molecular weight is 170 g/mol. The number of aromatic nitrogens is 2. The van der Waals surface area contributed by atoms with Crippen LogP contribution in [0, 0.1) is 0 Å². The minimum atomic E-state index is 0.287. The molecule has 0 saturated carbocycles. The molecule has 1 heterocycles. The number of anilines is 1. The van der Waals surface area contributed by atoms with Crippen LogP contribution >= 0.6 is 0 Å². The number of nitrogens with zero attached hydrogens (tertiary/aromatic N) is 2. The molecule has 0 aliphatic carbocycles.